The smallest absolute Gasteiger partial charge is 0.266 e. The third-order valence-corrected chi connectivity index (χ3v) is 16.5. The molecule has 10 aromatic rings. The maximum absolute atomic E-state index is 14.9. The Bertz CT molecular complexity index is 3820. The first-order valence-corrected chi connectivity index (χ1v) is 27.4. The van der Waals surface area contributed by atoms with Crippen molar-refractivity contribution in [1.82, 2.24) is 0 Å². The van der Waals surface area contributed by atoms with Crippen molar-refractivity contribution in [3.05, 3.63) is 272 Å². The molecule has 0 saturated heterocycles. The van der Waals surface area contributed by atoms with E-state index in [1.807, 2.05) is 165 Å². The molecule has 0 aliphatic carbocycles. The fraction of sp³-hybridized carbons (Fsp3) is 0.111. The van der Waals surface area contributed by atoms with Gasteiger partial charge in [-0.15, -0.1) is 0 Å². The van der Waals surface area contributed by atoms with Gasteiger partial charge in [0.1, 0.15) is 0 Å². The van der Waals surface area contributed by atoms with Gasteiger partial charge < -0.3 is 9.80 Å². The van der Waals surface area contributed by atoms with Gasteiger partial charge in [-0.05, 0) is 208 Å². The van der Waals surface area contributed by atoms with E-state index in [4.69, 9.17) is 9.98 Å². The maximum atomic E-state index is 14.9. The van der Waals surface area contributed by atoms with Crippen LogP contribution in [0.1, 0.15) is 97.1 Å². The van der Waals surface area contributed by atoms with Crippen LogP contribution in [0.15, 0.2) is 204 Å². The van der Waals surface area contributed by atoms with Gasteiger partial charge in [-0.2, -0.15) is 0 Å². The Morgan fingerprint density at radius 1 is 0.293 bits per heavy atom. The van der Waals surface area contributed by atoms with Gasteiger partial charge >= 0.3 is 0 Å². The van der Waals surface area contributed by atoms with Crippen LogP contribution in [0.4, 0.5) is 56.9 Å². The number of rotatable bonds is 12. The third kappa shape index (κ3) is 8.76. The molecular formula is C72H58N6O4. The molecule has 0 radical (unpaired) electrons. The normalized spacial score (nSPS) is 13.1. The van der Waals surface area contributed by atoms with Crippen molar-refractivity contribution in [1.29, 1.82) is 0 Å². The summed E-state index contributed by atoms with van der Waals surface area (Å²) in [6, 6.07) is 63.9. The largest absolute Gasteiger partial charge is 0.311 e. The van der Waals surface area contributed by atoms with E-state index in [0.29, 0.717) is 22.1 Å². The van der Waals surface area contributed by atoms with E-state index in [1.54, 1.807) is 24.3 Å². The first-order valence-electron chi connectivity index (χ1n) is 27.4. The van der Waals surface area contributed by atoms with Crippen LogP contribution in [-0.4, -0.2) is 36.1 Å². The summed E-state index contributed by atoms with van der Waals surface area (Å²) >= 11 is 0. The first kappa shape index (κ1) is 52.4. The van der Waals surface area contributed by atoms with Crippen LogP contribution in [0.2, 0.25) is 0 Å². The summed E-state index contributed by atoms with van der Waals surface area (Å²) in [6.07, 6.45) is 3.68. The van der Waals surface area contributed by atoms with Crippen LogP contribution < -0.4 is 19.6 Å². The molecule has 0 spiro atoms. The molecule has 2 aliphatic rings. The average molecular weight is 1070 g/mol. The van der Waals surface area contributed by atoms with E-state index >= 15 is 0 Å². The first-order chi connectivity index (χ1) is 39.7. The quantitative estimate of drug-likeness (QED) is 0.0891. The van der Waals surface area contributed by atoms with Gasteiger partial charge in [0.15, 0.2) is 0 Å². The van der Waals surface area contributed by atoms with Crippen LogP contribution >= 0.6 is 0 Å². The summed E-state index contributed by atoms with van der Waals surface area (Å²) in [5, 5.41) is 0.612. The zero-order chi connectivity index (χ0) is 57.1. The van der Waals surface area contributed by atoms with Gasteiger partial charge in [-0.1, -0.05) is 97.1 Å². The topological polar surface area (TPSA) is 106 Å². The molecule has 0 unspecified atom stereocenters. The minimum atomic E-state index is -0.531. The van der Waals surface area contributed by atoms with E-state index in [0.717, 1.165) is 101 Å². The molecule has 10 nitrogen and oxygen atoms in total. The summed E-state index contributed by atoms with van der Waals surface area (Å²) in [5.41, 5.74) is 17.7. The van der Waals surface area contributed by atoms with E-state index < -0.39 is 23.6 Å². The van der Waals surface area contributed by atoms with Crippen molar-refractivity contribution in [3.8, 4) is 0 Å². The standard InChI is InChI=1S/C72H58N6O4/c1-43-47(5)67(48(6)44(2)65(43)73-41-51-29-33-57(34-30-51)75(53-21-13-9-14-22-53)54-23-15-10-16-24-54)77-69(79)59-37-39-61-64-62(40-38-60(63(59)64)70(77)80)72(82)78(71(61)81)68-49(7)45(3)66(46(4)50(68)8)74-42-52-31-35-58(36-32-52)76(55-25-17-11-18-26-55)56-27-19-12-20-28-56/h9-42H,1-8H3. The van der Waals surface area contributed by atoms with Crippen LogP contribution in [0, 0.1) is 55.4 Å². The second-order valence-electron chi connectivity index (χ2n) is 21.1. The molecule has 10 aromatic carbocycles. The van der Waals surface area contributed by atoms with Crippen molar-refractivity contribution in [3.63, 3.8) is 0 Å². The molecule has 400 valence electrons. The van der Waals surface area contributed by atoms with Gasteiger partial charge in [0.05, 0.1) is 22.7 Å². The number of nitrogens with zero attached hydrogens (tertiary/aromatic N) is 6. The lowest BCUT2D eigenvalue weighted by Crippen LogP contribution is -2.44. The average Bonchev–Trinajstić information content (AvgIpc) is 3.41. The molecule has 0 aromatic heterocycles. The molecular weight excluding hydrogens is 1010 g/mol. The van der Waals surface area contributed by atoms with Gasteiger partial charge in [-0.25, -0.2) is 9.80 Å². The fourth-order valence-corrected chi connectivity index (χ4v) is 11.8. The molecule has 0 N–H and O–H groups in total. The Morgan fingerprint density at radius 2 is 0.524 bits per heavy atom. The summed E-state index contributed by atoms with van der Waals surface area (Å²) in [6.45, 7) is 15.5. The van der Waals surface area contributed by atoms with E-state index in [1.165, 1.54) is 9.80 Å². The molecule has 4 amide bonds. The summed E-state index contributed by atoms with van der Waals surface area (Å²) < 4.78 is 0. The molecule has 12 rings (SSSR count). The molecule has 0 bridgehead atoms. The van der Waals surface area contributed by atoms with Crippen LogP contribution in [0.5, 0.6) is 0 Å². The SMILES string of the molecule is Cc1c(C)c(N2C(=O)c3ccc4c5c(ccc(c35)C2=O)C(=O)N(c2c(C)c(C)c(N=Cc3ccc(N(c5ccccc5)c5ccccc5)cc3)c(C)c2C)C4=O)c(C)c(C)c1N=Cc1ccc(N(c2ccccc2)c2ccccc2)cc1. The minimum Gasteiger partial charge on any atom is -0.311 e. The summed E-state index contributed by atoms with van der Waals surface area (Å²) in [7, 11) is 0. The van der Waals surface area contributed by atoms with E-state index in [-0.39, 0.29) is 22.3 Å². The number of amides is 4. The number of anilines is 8. The summed E-state index contributed by atoms with van der Waals surface area (Å²) in [4.78, 5) is 76.7. The Labute approximate surface area is 477 Å². The second kappa shape index (κ2) is 21.1. The highest BCUT2D eigenvalue weighted by Crippen LogP contribution is 2.46. The predicted octanol–water partition coefficient (Wildman–Crippen LogP) is 17.3. The molecule has 2 heterocycles. The lowest BCUT2D eigenvalue weighted by Gasteiger charge is -2.34. The number of para-hydroxylation sites is 4. The number of aliphatic imine (C=N–C) groups is 2. The summed E-state index contributed by atoms with van der Waals surface area (Å²) in [5.74, 6) is -2.12. The van der Waals surface area contributed by atoms with Crippen LogP contribution in [0.3, 0.4) is 0 Å². The van der Waals surface area contributed by atoms with Crippen LogP contribution in [-0.2, 0) is 0 Å². The zero-order valence-corrected chi connectivity index (χ0v) is 46.9. The highest BCUT2D eigenvalue weighted by molar-refractivity contribution is 6.42. The molecule has 82 heavy (non-hydrogen) atoms. The van der Waals surface area contributed by atoms with Crippen molar-refractivity contribution in [2.45, 2.75) is 55.4 Å². The van der Waals surface area contributed by atoms with Crippen molar-refractivity contribution in [2.75, 3.05) is 19.6 Å². The number of imide groups is 2. The van der Waals surface area contributed by atoms with E-state index in [2.05, 4.69) is 82.6 Å². The van der Waals surface area contributed by atoms with Crippen molar-refractivity contribution < 1.29 is 19.2 Å². The fourth-order valence-electron chi connectivity index (χ4n) is 11.8. The van der Waals surface area contributed by atoms with Crippen molar-refractivity contribution in [2.24, 2.45) is 9.98 Å². The number of carbonyl (C=O) groups is 4. The molecule has 2 aliphatic heterocycles. The van der Waals surface area contributed by atoms with E-state index in [9.17, 15) is 19.2 Å². The number of carbonyl (C=O) groups excluding carboxylic acids is 4. The second-order valence-corrected chi connectivity index (χ2v) is 21.1. The van der Waals surface area contributed by atoms with Crippen molar-refractivity contribution >= 4 is 104 Å². The molecule has 0 fully saturated rings. The minimum absolute atomic E-state index is 0.239. The molecule has 0 atom stereocenters. The Balaban J connectivity index is 0.815. The van der Waals surface area contributed by atoms with Crippen LogP contribution in [0.25, 0.3) is 10.8 Å². The third-order valence-electron chi connectivity index (χ3n) is 16.5. The molecule has 10 heteroatoms. The maximum Gasteiger partial charge on any atom is 0.266 e. The number of hydrogen-bond acceptors (Lipinski definition) is 8. The molecule has 0 saturated carbocycles. The highest BCUT2D eigenvalue weighted by atomic mass is 16.2. The lowest BCUT2D eigenvalue weighted by atomic mass is 9.84. The van der Waals surface area contributed by atoms with Gasteiger partial charge in [-0.3, -0.25) is 29.2 Å². The highest BCUT2D eigenvalue weighted by Gasteiger charge is 2.43. The Kier molecular flexibility index (Phi) is 13.4. The zero-order valence-electron chi connectivity index (χ0n) is 46.9. The number of benzene rings is 10. The van der Waals surface area contributed by atoms with Gasteiger partial charge in [0.2, 0.25) is 0 Å². The van der Waals surface area contributed by atoms with Gasteiger partial charge in [0.25, 0.3) is 23.6 Å². The Morgan fingerprint density at radius 3 is 0.768 bits per heavy atom. The van der Waals surface area contributed by atoms with Gasteiger partial charge in [0, 0.05) is 79.6 Å². The number of hydrogen-bond donors (Lipinski definition) is 0. The monoisotopic (exact) mass is 1070 g/mol. The lowest BCUT2D eigenvalue weighted by molar-refractivity contribution is 0.0872. The predicted molar refractivity (Wildman–Crippen MR) is 334 cm³/mol. The Hall–Kier alpha value is -10.3.